The van der Waals surface area contributed by atoms with E-state index < -0.39 is 0 Å². The number of benzene rings is 2. The van der Waals surface area contributed by atoms with Crippen molar-refractivity contribution in [2.45, 2.75) is 20.3 Å². The third-order valence-electron chi connectivity index (χ3n) is 3.06. The molecule has 2 aromatic carbocycles. The average molecular weight is 263 g/mol. The molecular formula is C19H21N. The van der Waals surface area contributed by atoms with Gasteiger partial charge < -0.3 is 5.32 Å². The Morgan fingerprint density at radius 2 is 1.55 bits per heavy atom. The third kappa shape index (κ3) is 3.61. The van der Waals surface area contributed by atoms with Crippen molar-refractivity contribution in [1.29, 1.82) is 0 Å². The molecule has 0 fully saturated rings. The minimum Gasteiger partial charge on any atom is -0.356 e. The van der Waals surface area contributed by atoms with Crippen LogP contribution in [0, 0.1) is 0 Å². The van der Waals surface area contributed by atoms with E-state index in [0.717, 1.165) is 17.8 Å². The van der Waals surface area contributed by atoms with Crippen LogP contribution in [0.5, 0.6) is 0 Å². The summed E-state index contributed by atoms with van der Waals surface area (Å²) in [6, 6.07) is 18.8. The van der Waals surface area contributed by atoms with Gasteiger partial charge in [0.05, 0.1) is 0 Å². The molecule has 0 atom stereocenters. The van der Waals surface area contributed by atoms with E-state index >= 15 is 0 Å². The zero-order chi connectivity index (χ0) is 14.2. The van der Waals surface area contributed by atoms with Crippen LogP contribution in [0.1, 0.15) is 25.0 Å². The lowest BCUT2D eigenvalue weighted by Gasteiger charge is -2.07. The molecule has 0 saturated carbocycles. The molecule has 1 heteroatoms. The summed E-state index contributed by atoms with van der Waals surface area (Å²) in [6.45, 7) is 4.00. The second kappa shape index (κ2) is 7.34. The highest BCUT2D eigenvalue weighted by atomic mass is 14.9. The monoisotopic (exact) mass is 263 g/mol. The highest BCUT2D eigenvalue weighted by Crippen LogP contribution is 2.20. The SMILES string of the molecule is C1=CC(Nc2ccccc2)=Cc2ccccc2C1.CC. The number of anilines is 1. The maximum absolute atomic E-state index is 3.44. The number of para-hydroxylation sites is 1. The zero-order valence-electron chi connectivity index (χ0n) is 12.1. The lowest BCUT2D eigenvalue weighted by Crippen LogP contribution is -1.95. The molecule has 3 rings (SSSR count). The van der Waals surface area contributed by atoms with Crippen molar-refractivity contribution in [2.75, 3.05) is 5.32 Å². The van der Waals surface area contributed by atoms with Crippen molar-refractivity contribution >= 4 is 11.8 Å². The van der Waals surface area contributed by atoms with Crippen LogP contribution in [0.4, 0.5) is 5.69 Å². The third-order valence-corrected chi connectivity index (χ3v) is 3.06. The van der Waals surface area contributed by atoms with Gasteiger partial charge in [0.1, 0.15) is 0 Å². The predicted octanol–water partition coefficient (Wildman–Crippen LogP) is 5.28. The van der Waals surface area contributed by atoms with Gasteiger partial charge in [0.15, 0.2) is 0 Å². The molecule has 102 valence electrons. The fraction of sp³-hybridized carbons (Fsp3) is 0.158. The standard InChI is InChI=1S/C17H15N.C2H6/c1-2-10-16(11-3-1)18-17-12-6-9-14-7-4-5-8-15(14)13-17;1-2/h1-8,10-13,18H,9H2;1-2H3. The quantitative estimate of drug-likeness (QED) is 0.777. The first kappa shape index (κ1) is 14.1. The molecule has 20 heavy (non-hydrogen) atoms. The summed E-state index contributed by atoms with van der Waals surface area (Å²) in [7, 11) is 0. The number of hydrogen-bond acceptors (Lipinski definition) is 1. The molecule has 1 aliphatic carbocycles. The summed E-state index contributed by atoms with van der Waals surface area (Å²) < 4.78 is 0. The average Bonchev–Trinajstić information content (AvgIpc) is 2.72. The Balaban J connectivity index is 0.000000704. The molecule has 0 spiro atoms. The molecule has 0 bridgehead atoms. The minimum absolute atomic E-state index is 0.993. The highest BCUT2D eigenvalue weighted by Gasteiger charge is 2.03. The number of allylic oxidation sites excluding steroid dienone is 2. The molecule has 0 heterocycles. The molecule has 0 saturated heterocycles. The minimum atomic E-state index is 0.993. The number of fused-ring (bicyclic) bond motifs is 1. The lowest BCUT2D eigenvalue weighted by atomic mass is 10.1. The topological polar surface area (TPSA) is 12.0 Å². The van der Waals surface area contributed by atoms with E-state index in [1.165, 1.54) is 11.1 Å². The van der Waals surface area contributed by atoms with Gasteiger partial charge >= 0.3 is 0 Å². The Labute approximate surface area is 121 Å². The first-order valence-corrected chi connectivity index (χ1v) is 7.20. The molecule has 1 nitrogen and oxygen atoms in total. The largest absolute Gasteiger partial charge is 0.356 e. The molecule has 2 aromatic rings. The summed E-state index contributed by atoms with van der Waals surface area (Å²) in [5, 5.41) is 3.44. The molecular weight excluding hydrogens is 242 g/mol. The molecule has 0 unspecified atom stereocenters. The first-order chi connectivity index (χ1) is 9.92. The number of hydrogen-bond donors (Lipinski definition) is 1. The number of rotatable bonds is 2. The molecule has 1 aliphatic rings. The Bertz CT molecular complexity index is 594. The normalized spacial score (nSPS) is 12.4. The molecule has 0 radical (unpaired) electrons. The Morgan fingerprint density at radius 1 is 0.850 bits per heavy atom. The van der Waals surface area contributed by atoms with Crippen molar-refractivity contribution in [3.8, 4) is 0 Å². The predicted molar refractivity (Wildman–Crippen MR) is 88.7 cm³/mol. The fourth-order valence-electron chi connectivity index (χ4n) is 2.16. The van der Waals surface area contributed by atoms with E-state index in [1.807, 2.05) is 32.0 Å². The second-order valence-electron chi connectivity index (χ2n) is 4.40. The second-order valence-corrected chi connectivity index (χ2v) is 4.40. The van der Waals surface area contributed by atoms with Gasteiger partial charge in [-0.25, -0.2) is 0 Å². The Kier molecular flexibility index (Phi) is 5.19. The van der Waals surface area contributed by atoms with Crippen LogP contribution in [0.25, 0.3) is 6.08 Å². The molecule has 0 aromatic heterocycles. The van der Waals surface area contributed by atoms with Gasteiger partial charge in [-0.3, -0.25) is 0 Å². The van der Waals surface area contributed by atoms with Gasteiger partial charge in [0.25, 0.3) is 0 Å². The first-order valence-electron chi connectivity index (χ1n) is 7.20. The van der Waals surface area contributed by atoms with Crippen molar-refractivity contribution in [1.82, 2.24) is 0 Å². The van der Waals surface area contributed by atoms with E-state index in [1.54, 1.807) is 0 Å². The van der Waals surface area contributed by atoms with Gasteiger partial charge in [0.2, 0.25) is 0 Å². The van der Waals surface area contributed by atoms with E-state index in [9.17, 15) is 0 Å². The van der Waals surface area contributed by atoms with Crippen molar-refractivity contribution in [2.24, 2.45) is 0 Å². The maximum atomic E-state index is 3.44. The van der Waals surface area contributed by atoms with E-state index in [0.29, 0.717) is 0 Å². The summed E-state index contributed by atoms with van der Waals surface area (Å²) in [5.41, 5.74) is 4.92. The van der Waals surface area contributed by atoms with Gasteiger partial charge in [0, 0.05) is 11.4 Å². The lowest BCUT2D eigenvalue weighted by molar-refractivity contribution is 1.26. The van der Waals surface area contributed by atoms with Crippen LogP contribution in [0.3, 0.4) is 0 Å². The van der Waals surface area contributed by atoms with Crippen LogP contribution in [-0.2, 0) is 6.42 Å². The molecule has 0 aliphatic heterocycles. The van der Waals surface area contributed by atoms with Gasteiger partial charge in [-0.2, -0.15) is 0 Å². The molecule has 0 amide bonds. The Hall–Kier alpha value is -2.28. The summed E-state index contributed by atoms with van der Waals surface area (Å²) >= 11 is 0. The van der Waals surface area contributed by atoms with Crippen LogP contribution < -0.4 is 5.32 Å². The smallest absolute Gasteiger partial charge is 0.0387 e. The van der Waals surface area contributed by atoms with E-state index in [2.05, 4.69) is 59.9 Å². The van der Waals surface area contributed by atoms with Crippen molar-refractivity contribution in [3.63, 3.8) is 0 Å². The van der Waals surface area contributed by atoms with Gasteiger partial charge in [-0.1, -0.05) is 62.4 Å². The van der Waals surface area contributed by atoms with Gasteiger partial charge in [-0.05, 0) is 41.8 Å². The highest BCUT2D eigenvalue weighted by molar-refractivity contribution is 5.66. The van der Waals surface area contributed by atoms with Crippen molar-refractivity contribution < 1.29 is 0 Å². The van der Waals surface area contributed by atoms with Crippen LogP contribution >= 0.6 is 0 Å². The van der Waals surface area contributed by atoms with Crippen LogP contribution in [0.2, 0.25) is 0 Å². The summed E-state index contributed by atoms with van der Waals surface area (Å²) in [4.78, 5) is 0. The maximum Gasteiger partial charge on any atom is 0.0387 e. The summed E-state index contributed by atoms with van der Waals surface area (Å²) in [5.74, 6) is 0. The van der Waals surface area contributed by atoms with E-state index in [4.69, 9.17) is 0 Å². The number of nitrogens with one attached hydrogen (secondary N) is 1. The van der Waals surface area contributed by atoms with E-state index in [-0.39, 0.29) is 0 Å². The fourth-order valence-corrected chi connectivity index (χ4v) is 2.16. The van der Waals surface area contributed by atoms with Crippen LogP contribution in [0.15, 0.2) is 72.4 Å². The van der Waals surface area contributed by atoms with Crippen LogP contribution in [-0.4, -0.2) is 0 Å². The zero-order valence-corrected chi connectivity index (χ0v) is 12.1. The summed E-state index contributed by atoms with van der Waals surface area (Å²) in [6.07, 6.45) is 7.54. The van der Waals surface area contributed by atoms with Gasteiger partial charge in [-0.15, -0.1) is 0 Å². The van der Waals surface area contributed by atoms with Crippen molar-refractivity contribution in [3.05, 3.63) is 83.6 Å². The molecule has 1 N–H and O–H groups in total. The Morgan fingerprint density at radius 3 is 2.35 bits per heavy atom.